The molecule has 4 heterocycles. The first-order chi connectivity index (χ1) is 16.2. The van der Waals surface area contributed by atoms with Crippen LogP contribution in [0.25, 0.3) is 28.6 Å². The molecule has 3 aromatic heterocycles. The topological polar surface area (TPSA) is 86.0 Å². The van der Waals surface area contributed by atoms with Gasteiger partial charge in [0.25, 0.3) is 0 Å². The summed E-state index contributed by atoms with van der Waals surface area (Å²) in [6.45, 7) is 5.48. The average Bonchev–Trinajstić information content (AvgIpc) is 3.27. The average molecular weight is 441 g/mol. The number of ketones is 1. The number of carbonyl (C=O) groups excluding carboxylic acids is 1. The molecule has 4 aromatic rings. The third-order valence-corrected chi connectivity index (χ3v) is 5.60. The number of hydrogen-bond acceptors (Lipinski definition) is 7. The van der Waals surface area contributed by atoms with Gasteiger partial charge in [-0.2, -0.15) is 0 Å². The van der Waals surface area contributed by atoms with E-state index in [-0.39, 0.29) is 5.78 Å². The Morgan fingerprint density at radius 2 is 1.79 bits per heavy atom. The van der Waals surface area contributed by atoms with Crippen LogP contribution in [-0.4, -0.2) is 56.6 Å². The van der Waals surface area contributed by atoms with E-state index in [1.165, 1.54) is 6.08 Å². The minimum atomic E-state index is -0.0892. The number of morpholine rings is 1. The fourth-order valence-corrected chi connectivity index (χ4v) is 3.94. The predicted molar refractivity (Wildman–Crippen MR) is 127 cm³/mol. The maximum atomic E-state index is 12.6. The summed E-state index contributed by atoms with van der Waals surface area (Å²) in [5.41, 5.74) is 3.08. The molecule has 166 valence electrons. The largest absolute Gasteiger partial charge is 0.378 e. The van der Waals surface area contributed by atoms with Gasteiger partial charge < -0.3 is 14.2 Å². The number of anilines is 1. The van der Waals surface area contributed by atoms with Crippen LogP contribution in [0.3, 0.4) is 0 Å². The molecule has 1 saturated heterocycles. The molecule has 0 amide bonds. The van der Waals surface area contributed by atoms with Crippen molar-refractivity contribution < 1.29 is 9.53 Å². The van der Waals surface area contributed by atoms with Gasteiger partial charge in [-0.15, -0.1) is 0 Å². The first-order valence-corrected chi connectivity index (χ1v) is 11.0. The van der Waals surface area contributed by atoms with Gasteiger partial charge in [0.05, 0.1) is 13.2 Å². The molecule has 0 bridgehead atoms. The van der Waals surface area contributed by atoms with E-state index >= 15 is 0 Å². The van der Waals surface area contributed by atoms with E-state index in [0.29, 0.717) is 31.1 Å². The minimum absolute atomic E-state index is 0.0892. The van der Waals surface area contributed by atoms with Crippen LogP contribution in [0.2, 0.25) is 0 Å². The second-order valence-corrected chi connectivity index (χ2v) is 7.66. The van der Waals surface area contributed by atoms with Crippen molar-refractivity contribution in [2.45, 2.75) is 13.5 Å². The second-order valence-electron chi connectivity index (χ2n) is 7.66. The number of aromatic nitrogens is 5. The first kappa shape index (κ1) is 21.0. The van der Waals surface area contributed by atoms with E-state index in [0.717, 1.165) is 41.5 Å². The van der Waals surface area contributed by atoms with Crippen LogP contribution in [0.15, 0.2) is 60.9 Å². The summed E-state index contributed by atoms with van der Waals surface area (Å²) >= 11 is 0. The van der Waals surface area contributed by atoms with Crippen molar-refractivity contribution in [1.82, 2.24) is 24.5 Å². The summed E-state index contributed by atoms with van der Waals surface area (Å²) in [6.07, 6.45) is 6.72. The molecule has 8 heteroatoms. The van der Waals surface area contributed by atoms with Gasteiger partial charge in [0.1, 0.15) is 5.82 Å². The zero-order valence-electron chi connectivity index (χ0n) is 18.4. The summed E-state index contributed by atoms with van der Waals surface area (Å²) in [5.74, 6) is 1.97. The molecule has 5 rings (SSSR count). The SMILES string of the molecule is CCn1c(-c2ccncc2)nc2c(N3CCOCC3)nc(/C=C/C(=O)c3ccccc3)nc21. The van der Waals surface area contributed by atoms with E-state index in [4.69, 9.17) is 19.7 Å². The molecule has 0 unspecified atom stereocenters. The lowest BCUT2D eigenvalue weighted by Crippen LogP contribution is -2.37. The number of aryl methyl sites for hydroxylation is 1. The number of imidazole rings is 1. The second kappa shape index (κ2) is 9.30. The molecule has 33 heavy (non-hydrogen) atoms. The lowest BCUT2D eigenvalue weighted by Gasteiger charge is -2.28. The van der Waals surface area contributed by atoms with E-state index in [1.807, 2.05) is 30.3 Å². The van der Waals surface area contributed by atoms with Crippen molar-refractivity contribution in [2.24, 2.45) is 0 Å². The lowest BCUT2D eigenvalue weighted by atomic mass is 10.1. The minimum Gasteiger partial charge on any atom is -0.378 e. The van der Waals surface area contributed by atoms with Crippen LogP contribution in [0.1, 0.15) is 23.1 Å². The number of nitrogens with zero attached hydrogens (tertiary/aromatic N) is 6. The molecule has 1 aliphatic rings. The Labute approximate surface area is 191 Å². The standard InChI is InChI=1S/C25H24N6O2/c1-2-31-23(19-10-12-26-13-11-19)29-22-24(30-14-16-33-17-15-30)27-21(28-25(22)31)9-8-20(32)18-6-4-3-5-7-18/h3-13H,2,14-17H2,1H3/b9-8+. The number of rotatable bonds is 6. The highest BCUT2D eigenvalue weighted by Crippen LogP contribution is 2.29. The molecule has 0 spiro atoms. The summed E-state index contributed by atoms with van der Waals surface area (Å²) in [7, 11) is 0. The van der Waals surface area contributed by atoms with Gasteiger partial charge in [0.2, 0.25) is 0 Å². The number of carbonyl (C=O) groups is 1. The number of hydrogen-bond donors (Lipinski definition) is 0. The molecule has 1 aromatic carbocycles. The van der Waals surface area contributed by atoms with E-state index in [9.17, 15) is 4.79 Å². The third kappa shape index (κ3) is 4.25. The lowest BCUT2D eigenvalue weighted by molar-refractivity contribution is 0.104. The summed E-state index contributed by atoms with van der Waals surface area (Å²) in [4.78, 5) is 33.4. The Morgan fingerprint density at radius 3 is 2.52 bits per heavy atom. The van der Waals surface area contributed by atoms with Crippen LogP contribution in [0.4, 0.5) is 5.82 Å². The molecule has 1 fully saturated rings. The van der Waals surface area contributed by atoms with Gasteiger partial charge >= 0.3 is 0 Å². The molecule has 0 atom stereocenters. The van der Waals surface area contributed by atoms with Crippen molar-refractivity contribution in [3.05, 3.63) is 72.3 Å². The highest BCUT2D eigenvalue weighted by atomic mass is 16.5. The summed E-state index contributed by atoms with van der Waals surface area (Å²) in [6, 6.07) is 13.1. The Kier molecular flexibility index (Phi) is 5.91. The molecule has 0 aliphatic carbocycles. The molecular formula is C25H24N6O2. The fourth-order valence-electron chi connectivity index (χ4n) is 3.94. The zero-order valence-corrected chi connectivity index (χ0v) is 18.4. The molecule has 8 nitrogen and oxygen atoms in total. The van der Waals surface area contributed by atoms with Crippen LogP contribution >= 0.6 is 0 Å². The Morgan fingerprint density at radius 1 is 1.03 bits per heavy atom. The van der Waals surface area contributed by atoms with Gasteiger partial charge in [-0.3, -0.25) is 9.78 Å². The number of allylic oxidation sites excluding steroid dienone is 1. The van der Waals surface area contributed by atoms with E-state index in [2.05, 4.69) is 21.4 Å². The van der Waals surface area contributed by atoms with Gasteiger partial charge in [0.15, 0.2) is 28.6 Å². The van der Waals surface area contributed by atoms with Crippen molar-refractivity contribution in [3.8, 4) is 11.4 Å². The zero-order chi connectivity index (χ0) is 22.6. The molecule has 0 saturated carbocycles. The van der Waals surface area contributed by atoms with Crippen LogP contribution in [0.5, 0.6) is 0 Å². The van der Waals surface area contributed by atoms with Gasteiger partial charge in [-0.05, 0) is 31.2 Å². The molecular weight excluding hydrogens is 416 g/mol. The number of ether oxygens (including phenoxy) is 1. The first-order valence-electron chi connectivity index (χ1n) is 11.0. The summed E-state index contributed by atoms with van der Waals surface area (Å²) in [5, 5.41) is 0. The molecule has 0 radical (unpaired) electrons. The number of benzene rings is 1. The Balaban J connectivity index is 1.63. The van der Waals surface area contributed by atoms with Crippen molar-refractivity contribution in [1.29, 1.82) is 0 Å². The third-order valence-electron chi connectivity index (χ3n) is 5.60. The van der Waals surface area contributed by atoms with Crippen molar-refractivity contribution >= 4 is 28.8 Å². The fraction of sp³-hybridized carbons (Fsp3) is 0.240. The van der Waals surface area contributed by atoms with E-state index in [1.54, 1.807) is 30.6 Å². The Hall–Kier alpha value is -3.91. The molecule has 1 aliphatic heterocycles. The number of pyridine rings is 1. The van der Waals surface area contributed by atoms with Crippen molar-refractivity contribution in [3.63, 3.8) is 0 Å². The predicted octanol–water partition coefficient (Wildman–Crippen LogP) is 3.64. The van der Waals surface area contributed by atoms with E-state index < -0.39 is 0 Å². The smallest absolute Gasteiger partial charge is 0.185 e. The monoisotopic (exact) mass is 440 g/mol. The normalized spacial score (nSPS) is 14.3. The van der Waals surface area contributed by atoms with Gasteiger partial charge in [-0.1, -0.05) is 30.3 Å². The Bertz CT molecular complexity index is 1290. The quantitative estimate of drug-likeness (QED) is 0.334. The van der Waals surface area contributed by atoms with Crippen LogP contribution < -0.4 is 4.90 Å². The maximum absolute atomic E-state index is 12.6. The van der Waals surface area contributed by atoms with Gasteiger partial charge in [-0.25, -0.2) is 15.0 Å². The summed E-state index contributed by atoms with van der Waals surface area (Å²) < 4.78 is 7.61. The molecule has 0 N–H and O–H groups in total. The van der Waals surface area contributed by atoms with Crippen LogP contribution in [-0.2, 0) is 11.3 Å². The maximum Gasteiger partial charge on any atom is 0.185 e. The number of fused-ring (bicyclic) bond motifs is 1. The van der Waals surface area contributed by atoms with Crippen molar-refractivity contribution in [2.75, 3.05) is 31.2 Å². The highest BCUT2D eigenvalue weighted by Gasteiger charge is 2.22. The highest BCUT2D eigenvalue weighted by molar-refractivity contribution is 6.06. The van der Waals surface area contributed by atoms with Gasteiger partial charge in [0, 0.05) is 43.2 Å². The van der Waals surface area contributed by atoms with Crippen LogP contribution in [0, 0.1) is 0 Å².